The maximum atomic E-state index is 10.8. The quantitative estimate of drug-likeness (QED) is 0.645. The van der Waals surface area contributed by atoms with Gasteiger partial charge in [-0.2, -0.15) is 0 Å². The van der Waals surface area contributed by atoms with Crippen LogP contribution in [0.3, 0.4) is 0 Å². The Bertz CT molecular complexity index is 225. The number of Topliss-reactive ketones (excluding diaryl/α,β-unsaturated/α-hetero) is 1. The topological polar surface area (TPSA) is 24.8 Å². The fraction of sp³-hybridized carbons (Fsp3) is 0.778. The highest BCUT2D eigenvalue weighted by Crippen LogP contribution is 2.09. The molecule has 0 unspecified atom stereocenters. The Morgan fingerprint density at radius 3 is 2.57 bits per heavy atom. The van der Waals surface area contributed by atoms with Crippen LogP contribution in [0.15, 0.2) is 0 Å². The zero-order chi connectivity index (χ0) is 10.6. The number of carbonyl (C=O) groups excluding carboxylic acids is 1. The van der Waals surface area contributed by atoms with Crippen LogP contribution < -0.4 is 4.90 Å². The van der Waals surface area contributed by atoms with Gasteiger partial charge in [0.05, 0.1) is 39.0 Å². The van der Waals surface area contributed by atoms with Crippen molar-refractivity contribution in [1.29, 1.82) is 0 Å². The summed E-state index contributed by atoms with van der Waals surface area (Å²) in [5, 5.41) is 0. The van der Waals surface area contributed by atoms with Gasteiger partial charge >= 0.3 is 0 Å². The monoisotopic (exact) mass is 233 g/mol. The number of quaternary nitrogens is 1. The number of thioether (sulfide) groups is 1. The van der Waals surface area contributed by atoms with Crippen molar-refractivity contribution in [3.05, 3.63) is 0 Å². The maximum absolute atomic E-state index is 10.8. The van der Waals surface area contributed by atoms with E-state index in [1.165, 1.54) is 11.8 Å². The minimum absolute atomic E-state index is 0.192. The van der Waals surface area contributed by atoms with Gasteiger partial charge in [0, 0.05) is 0 Å². The Morgan fingerprint density at radius 2 is 2.07 bits per heavy atom. The second-order valence-electron chi connectivity index (χ2n) is 3.70. The predicted octanol–water partition coefficient (Wildman–Crippen LogP) is -0.576. The molecule has 0 aromatic heterocycles. The third kappa shape index (κ3) is 3.94. The lowest BCUT2D eigenvalue weighted by Gasteiger charge is -2.31. The second-order valence-corrected chi connectivity index (χ2v) is 5.31. The van der Waals surface area contributed by atoms with Crippen LogP contribution in [0.4, 0.5) is 0 Å². The standard InChI is InChI=1S/C9H16N2OS2/c1-8(12)7-14-9(13)11-5-3-10(2)4-6-11/h3-7H2,1-2H3/p+1. The van der Waals surface area contributed by atoms with Crippen molar-refractivity contribution >= 4 is 34.1 Å². The summed E-state index contributed by atoms with van der Waals surface area (Å²) >= 11 is 6.75. The van der Waals surface area contributed by atoms with E-state index in [0.29, 0.717) is 5.75 Å². The third-order valence-electron chi connectivity index (χ3n) is 2.27. The van der Waals surface area contributed by atoms with Gasteiger partial charge in [0.25, 0.3) is 0 Å². The van der Waals surface area contributed by atoms with Crippen molar-refractivity contribution in [2.24, 2.45) is 0 Å². The van der Waals surface area contributed by atoms with Gasteiger partial charge in [0.15, 0.2) is 0 Å². The van der Waals surface area contributed by atoms with Crippen molar-refractivity contribution in [3.63, 3.8) is 0 Å². The van der Waals surface area contributed by atoms with E-state index in [9.17, 15) is 4.79 Å². The Hall–Kier alpha value is -0.130. The molecule has 0 saturated carbocycles. The molecule has 0 aromatic rings. The van der Waals surface area contributed by atoms with Crippen LogP contribution >= 0.6 is 24.0 Å². The molecule has 0 atom stereocenters. The van der Waals surface area contributed by atoms with Gasteiger partial charge in [-0.3, -0.25) is 4.79 Å². The number of hydrogen-bond acceptors (Lipinski definition) is 3. The first-order valence-corrected chi connectivity index (χ1v) is 6.21. The molecule has 80 valence electrons. The molecule has 0 bridgehead atoms. The lowest BCUT2D eigenvalue weighted by Crippen LogP contribution is -3.12. The molecule has 0 amide bonds. The summed E-state index contributed by atoms with van der Waals surface area (Å²) in [6.45, 7) is 5.93. The number of piperazine rings is 1. The predicted molar refractivity (Wildman–Crippen MR) is 63.9 cm³/mol. The zero-order valence-electron chi connectivity index (χ0n) is 8.71. The molecule has 0 spiro atoms. The van der Waals surface area contributed by atoms with Crippen LogP contribution in [-0.4, -0.2) is 54.0 Å². The number of nitrogens with one attached hydrogen (secondary N) is 1. The Morgan fingerprint density at radius 1 is 1.50 bits per heavy atom. The third-order valence-corrected chi connectivity index (χ3v) is 3.94. The van der Waals surface area contributed by atoms with E-state index in [0.717, 1.165) is 30.5 Å². The highest BCUT2D eigenvalue weighted by Gasteiger charge is 2.18. The number of thiocarbonyl (C=S) groups is 1. The first kappa shape index (κ1) is 11.9. The van der Waals surface area contributed by atoms with Gasteiger partial charge in [0.2, 0.25) is 0 Å². The van der Waals surface area contributed by atoms with E-state index in [1.807, 2.05) is 0 Å². The lowest BCUT2D eigenvalue weighted by atomic mass is 10.4. The van der Waals surface area contributed by atoms with E-state index in [1.54, 1.807) is 11.8 Å². The van der Waals surface area contributed by atoms with E-state index in [4.69, 9.17) is 12.2 Å². The molecule has 1 aliphatic rings. The summed E-state index contributed by atoms with van der Waals surface area (Å²) in [4.78, 5) is 14.5. The van der Waals surface area contributed by atoms with E-state index < -0.39 is 0 Å². The highest BCUT2D eigenvalue weighted by atomic mass is 32.2. The van der Waals surface area contributed by atoms with Crippen molar-refractivity contribution in [3.8, 4) is 0 Å². The van der Waals surface area contributed by atoms with Crippen molar-refractivity contribution in [2.75, 3.05) is 39.0 Å². The fourth-order valence-electron chi connectivity index (χ4n) is 1.33. The number of likely N-dealkylation sites (N-methyl/N-ethyl adjacent to an activating group) is 1. The van der Waals surface area contributed by atoms with E-state index >= 15 is 0 Å². The van der Waals surface area contributed by atoms with Crippen LogP contribution in [0.5, 0.6) is 0 Å². The Labute approximate surface area is 94.8 Å². The van der Waals surface area contributed by atoms with Gasteiger partial charge in [-0.05, 0) is 6.92 Å². The number of ketones is 1. The SMILES string of the molecule is CC(=O)CSC(=S)N1CC[NH+](C)CC1. The number of hydrogen-bond donors (Lipinski definition) is 1. The summed E-state index contributed by atoms with van der Waals surface area (Å²) in [5.74, 6) is 0.704. The van der Waals surface area contributed by atoms with Crippen LogP contribution in [0.1, 0.15) is 6.92 Å². The number of nitrogens with zero attached hydrogens (tertiary/aromatic N) is 1. The number of carbonyl (C=O) groups is 1. The lowest BCUT2D eigenvalue weighted by molar-refractivity contribution is -0.883. The van der Waals surface area contributed by atoms with E-state index in [2.05, 4.69) is 11.9 Å². The average Bonchev–Trinajstić information content (AvgIpc) is 2.15. The summed E-state index contributed by atoms with van der Waals surface area (Å²) in [6.07, 6.45) is 0. The van der Waals surface area contributed by atoms with Gasteiger partial charge in [-0.1, -0.05) is 24.0 Å². The molecule has 1 rings (SSSR count). The zero-order valence-corrected chi connectivity index (χ0v) is 10.3. The normalized spacial score (nSPS) is 18.3. The molecule has 0 radical (unpaired) electrons. The summed E-state index contributed by atoms with van der Waals surface area (Å²) in [7, 11) is 2.20. The number of rotatable bonds is 2. The first-order valence-electron chi connectivity index (χ1n) is 4.82. The molecule has 1 N–H and O–H groups in total. The first-order chi connectivity index (χ1) is 6.59. The van der Waals surface area contributed by atoms with Crippen molar-refractivity contribution in [1.82, 2.24) is 4.90 Å². The maximum Gasteiger partial charge on any atom is 0.140 e. The molecule has 1 heterocycles. The van der Waals surface area contributed by atoms with Crippen molar-refractivity contribution in [2.45, 2.75) is 6.92 Å². The molecule has 0 aromatic carbocycles. The van der Waals surface area contributed by atoms with Gasteiger partial charge < -0.3 is 9.80 Å². The van der Waals surface area contributed by atoms with Gasteiger partial charge in [-0.25, -0.2) is 0 Å². The highest BCUT2D eigenvalue weighted by molar-refractivity contribution is 8.23. The summed E-state index contributed by atoms with van der Waals surface area (Å²) in [5.41, 5.74) is 0. The minimum Gasteiger partial charge on any atom is -0.346 e. The molecule has 14 heavy (non-hydrogen) atoms. The second kappa shape index (κ2) is 5.68. The summed E-state index contributed by atoms with van der Waals surface area (Å²) in [6, 6.07) is 0. The summed E-state index contributed by atoms with van der Waals surface area (Å²) < 4.78 is 0.882. The molecule has 1 saturated heterocycles. The minimum atomic E-state index is 0.192. The molecule has 1 fully saturated rings. The Kier molecular flexibility index (Phi) is 4.84. The molecule has 0 aliphatic carbocycles. The van der Waals surface area contributed by atoms with Crippen LogP contribution in [0, 0.1) is 0 Å². The fourth-order valence-corrected chi connectivity index (χ4v) is 2.38. The Balaban J connectivity index is 2.27. The van der Waals surface area contributed by atoms with Crippen molar-refractivity contribution < 1.29 is 9.69 Å². The molecule has 3 nitrogen and oxygen atoms in total. The van der Waals surface area contributed by atoms with Gasteiger partial charge in [0.1, 0.15) is 10.1 Å². The molecular formula is C9H17N2OS2+. The smallest absolute Gasteiger partial charge is 0.140 e. The average molecular weight is 233 g/mol. The molecule has 5 heteroatoms. The van der Waals surface area contributed by atoms with Crippen LogP contribution in [0.25, 0.3) is 0 Å². The van der Waals surface area contributed by atoms with Gasteiger partial charge in [-0.15, -0.1) is 0 Å². The molecular weight excluding hydrogens is 216 g/mol. The largest absolute Gasteiger partial charge is 0.346 e. The van der Waals surface area contributed by atoms with Crippen LogP contribution in [-0.2, 0) is 4.79 Å². The van der Waals surface area contributed by atoms with Crippen LogP contribution in [0.2, 0.25) is 0 Å². The van der Waals surface area contributed by atoms with E-state index in [-0.39, 0.29) is 5.78 Å². The molecule has 1 aliphatic heterocycles.